The molecule has 0 bridgehead atoms. The van der Waals surface area contributed by atoms with E-state index < -0.39 is 0 Å². The first-order chi connectivity index (χ1) is 10.3. The molecule has 0 spiro atoms. The van der Waals surface area contributed by atoms with Crippen LogP contribution in [0.1, 0.15) is 11.1 Å². The van der Waals surface area contributed by atoms with Crippen LogP contribution in [0.4, 0.5) is 0 Å². The minimum absolute atomic E-state index is 0.424. The highest BCUT2D eigenvalue weighted by Crippen LogP contribution is 2.23. The van der Waals surface area contributed by atoms with Gasteiger partial charge in [0.2, 0.25) is 0 Å². The number of rotatable bonds is 4. The molecule has 0 saturated carbocycles. The van der Waals surface area contributed by atoms with Crippen molar-refractivity contribution < 1.29 is 4.74 Å². The average molecular weight is 296 g/mol. The summed E-state index contributed by atoms with van der Waals surface area (Å²) in [5.74, 6) is 1.47. The second kappa shape index (κ2) is 6.42. The third-order valence-electron chi connectivity index (χ3n) is 3.11. The Morgan fingerprint density at radius 1 is 0.810 bits per heavy atom. The van der Waals surface area contributed by atoms with Gasteiger partial charge in [0, 0.05) is 12.3 Å². The van der Waals surface area contributed by atoms with Gasteiger partial charge in [0.15, 0.2) is 0 Å². The van der Waals surface area contributed by atoms with E-state index >= 15 is 0 Å². The van der Waals surface area contributed by atoms with Gasteiger partial charge in [0.05, 0.1) is 0 Å². The summed E-state index contributed by atoms with van der Waals surface area (Å²) in [5.41, 5.74) is 2.55. The molecule has 3 rings (SSSR count). The fourth-order valence-corrected chi connectivity index (χ4v) is 2.26. The van der Waals surface area contributed by atoms with E-state index in [1.165, 1.54) is 11.1 Å². The fourth-order valence-electron chi connectivity index (χ4n) is 2.09. The molecule has 1 heterocycles. The lowest BCUT2D eigenvalue weighted by atomic mass is 10.1. The molecule has 21 heavy (non-hydrogen) atoms. The van der Waals surface area contributed by atoms with Crippen LogP contribution in [-0.2, 0) is 6.42 Å². The maximum Gasteiger partial charge on any atom is 0.132 e. The average Bonchev–Trinajstić information content (AvgIpc) is 2.50. The molecule has 0 aliphatic heterocycles. The quantitative estimate of drug-likeness (QED) is 0.623. The standard InChI is InChI=1S/C18H14ClNO/c19-18-13-17(10-11-20-18)21-16-8-6-15(7-9-16)12-14-4-2-1-3-5-14/h1-11,13H,12H2. The molecule has 0 saturated heterocycles. The van der Waals surface area contributed by atoms with Crippen LogP contribution in [0.2, 0.25) is 5.15 Å². The summed E-state index contributed by atoms with van der Waals surface area (Å²) in [6.45, 7) is 0. The van der Waals surface area contributed by atoms with E-state index in [1.807, 2.05) is 18.2 Å². The highest BCUT2D eigenvalue weighted by Gasteiger charge is 2.00. The normalized spacial score (nSPS) is 10.3. The van der Waals surface area contributed by atoms with Crippen LogP contribution in [-0.4, -0.2) is 4.98 Å². The van der Waals surface area contributed by atoms with Crippen molar-refractivity contribution in [3.63, 3.8) is 0 Å². The van der Waals surface area contributed by atoms with Crippen LogP contribution in [0.5, 0.6) is 11.5 Å². The lowest BCUT2D eigenvalue weighted by molar-refractivity contribution is 0.482. The van der Waals surface area contributed by atoms with Gasteiger partial charge in [-0.05, 0) is 35.7 Å². The lowest BCUT2D eigenvalue weighted by Gasteiger charge is -2.07. The zero-order chi connectivity index (χ0) is 14.5. The molecule has 3 aromatic rings. The van der Waals surface area contributed by atoms with E-state index in [2.05, 4.69) is 41.4 Å². The second-order valence-electron chi connectivity index (χ2n) is 4.72. The number of nitrogens with zero attached hydrogens (tertiary/aromatic N) is 1. The molecule has 0 radical (unpaired) electrons. The predicted molar refractivity (Wildman–Crippen MR) is 85.0 cm³/mol. The summed E-state index contributed by atoms with van der Waals surface area (Å²) in [6, 6.07) is 22.0. The Balaban J connectivity index is 1.69. The van der Waals surface area contributed by atoms with Crippen LogP contribution in [0, 0.1) is 0 Å². The van der Waals surface area contributed by atoms with Crippen molar-refractivity contribution in [3.05, 3.63) is 89.2 Å². The summed E-state index contributed by atoms with van der Waals surface area (Å²) in [6.07, 6.45) is 2.55. The van der Waals surface area contributed by atoms with Gasteiger partial charge in [-0.15, -0.1) is 0 Å². The lowest BCUT2D eigenvalue weighted by Crippen LogP contribution is -1.89. The number of aromatic nitrogens is 1. The largest absolute Gasteiger partial charge is 0.457 e. The molecule has 2 aromatic carbocycles. The molecule has 0 fully saturated rings. The highest BCUT2D eigenvalue weighted by atomic mass is 35.5. The van der Waals surface area contributed by atoms with Gasteiger partial charge in [-0.25, -0.2) is 4.98 Å². The smallest absolute Gasteiger partial charge is 0.132 e. The van der Waals surface area contributed by atoms with Gasteiger partial charge >= 0.3 is 0 Å². The molecular formula is C18H14ClNO. The molecular weight excluding hydrogens is 282 g/mol. The number of pyridine rings is 1. The summed E-state index contributed by atoms with van der Waals surface area (Å²) >= 11 is 5.84. The number of hydrogen-bond donors (Lipinski definition) is 0. The Bertz CT molecular complexity index is 711. The van der Waals surface area contributed by atoms with Crippen LogP contribution in [0.15, 0.2) is 72.9 Å². The molecule has 104 valence electrons. The first-order valence-electron chi connectivity index (χ1n) is 6.72. The van der Waals surface area contributed by atoms with E-state index in [1.54, 1.807) is 18.3 Å². The SMILES string of the molecule is Clc1cc(Oc2ccc(Cc3ccccc3)cc2)ccn1. The van der Waals surface area contributed by atoms with Gasteiger partial charge in [0.1, 0.15) is 16.7 Å². The van der Waals surface area contributed by atoms with Crippen molar-refractivity contribution in [3.8, 4) is 11.5 Å². The Kier molecular flexibility index (Phi) is 4.17. The number of hydrogen-bond acceptors (Lipinski definition) is 2. The van der Waals surface area contributed by atoms with Crippen molar-refractivity contribution in [2.75, 3.05) is 0 Å². The molecule has 2 nitrogen and oxygen atoms in total. The Morgan fingerprint density at radius 3 is 2.24 bits per heavy atom. The second-order valence-corrected chi connectivity index (χ2v) is 5.11. The van der Waals surface area contributed by atoms with Crippen molar-refractivity contribution in [2.45, 2.75) is 6.42 Å². The van der Waals surface area contributed by atoms with Crippen molar-refractivity contribution >= 4 is 11.6 Å². The fraction of sp³-hybridized carbons (Fsp3) is 0.0556. The first kappa shape index (κ1) is 13.7. The number of ether oxygens (including phenoxy) is 1. The molecule has 0 amide bonds. The van der Waals surface area contributed by atoms with E-state index in [9.17, 15) is 0 Å². The molecule has 0 aliphatic rings. The van der Waals surface area contributed by atoms with E-state index in [0.29, 0.717) is 10.9 Å². The van der Waals surface area contributed by atoms with Crippen LogP contribution < -0.4 is 4.74 Å². The maximum absolute atomic E-state index is 5.84. The molecule has 3 heteroatoms. The summed E-state index contributed by atoms with van der Waals surface area (Å²) in [5, 5.41) is 0.424. The number of benzene rings is 2. The van der Waals surface area contributed by atoms with E-state index in [0.717, 1.165) is 12.2 Å². The van der Waals surface area contributed by atoms with Gasteiger partial charge in [-0.3, -0.25) is 0 Å². The molecule has 0 atom stereocenters. The van der Waals surface area contributed by atoms with Crippen molar-refractivity contribution in [1.29, 1.82) is 0 Å². The molecule has 1 aromatic heterocycles. The topological polar surface area (TPSA) is 22.1 Å². The predicted octanol–water partition coefficient (Wildman–Crippen LogP) is 5.12. The Hall–Kier alpha value is -2.32. The Morgan fingerprint density at radius 2 is 1.52 bits per heavy atom. The van der Waals surface area contributed by atoms with Gasteiger partial charge in [-0.1, -0.05) is 54.1 Å². The summed E-state index contributed by atoms with van der Waals surface area (Å²) < 4.78 is 5.74. The minimum atomic E-state index is 0.424. The zero-order valence-electron chi connectivity index (χ0n) is 11.4. The van der Waals surface area contributed by atoms with E-state index in [4.69, 9.17) is 16.3 Å². The third-order valence-corrected chi connectivity index (χ3v) is 3.31. The minimum Gasteiger partial charge on any atom is -0.457 e. The third kappa shape index (κ3) is 3.83. The molecule has 0 unspecified atom stereocenters. The molecule has 0 aliphatic carbocycles. The first-order valence-corrected chi connectivity index (χ1v) is 7.10. The number of halogens is 1. The zero-order valence-corrected chi connectivity index (χ0v) is 12.1. The summed E-state index contributed by atoms with van der Waals surface area (Å²) in [4.78, 5) is 3.93. The van der Waals surface area contributed by atoms with Crippen molar-refractivity contribution in [2.24, 2.45) is 0 Å². The highest BCUT2D eigenvalue weighted by molar-refractivity contribution is 6.29. The van der Waals surface area contributed by atoms with E-state index in [-0.39, 0.29) is 0 Å². The van der Waals surface area contributed by atoms with Crippen LogP contribution in [0.3, 0.4) is 0 Å². The van der Waals surface area contributed by atoms with Crippen molar-refractivity contribution in [1.82, 2.24) is 4.98 Å². The van der Waals surface area contributed by atoms with Gasteiger partial charge in [0.25, 0.3) is 0 Å². The monoisotopic (exact) mass is 295 g/mol. The molecule has 0 N–H and O–H groups in total. The van der Waals surface area contributed by atoms with Gasteiger partial charge in [-0.2, -0.15) is 0 Å². The summed E-state index contributed by atoms with van der Waals surface area (Å²) in [7, 11) is 0. The van der Waals surface area contributed by atoms with Crippen LogP contribution >= 0.6 is 11.6 Å². The maximum atomic E-state index is 5.84. The van der Waals surface area contributed by atoms with Crippen LogP contribution in [0.25, 0.3) is 0 Å². The Labute approximate surface area is 129 Å². The van der Waals surface area contributed by atoms with Gasteiger partial charge < -0.3 is 4.74 Å².